The van der Waals surface area contributed by atoms with Gasteiger partial charge in [-0.1, -0.05) is 0 Å². The Bertz CT molecular complexity index is 369. The van der Waals surface area contributed by atoms with Crippen LogP contribution in [0.15, 0.2) is 22.8 Å². The molecule has 0 saturated heterocycles. The summed E-state index contributed by atoms with van der Waals surface area (Å²) in [6.07, 6.45) is 3.39. The highest BCUT2D eigenvalue weighted by Gasteiger charge is 2.28. The maximum atomic E-state index is 11.7. The van der Waals surface area contributed by atoms with E-state index in [0.717, 1.165) is 17.7 Å². The fourth-order valence-corrected chi connectivity index (χ4v) is 1.19. The fourth-order valence-electron chi connectivity index (χ4n) is 1.19. The van der Waals surface area contributed by atoms with E-state index >= 15 is 0 Å². The normalized spacial score (nSPS) is 14.7. The van der Waals surface area contributed by atoms with Gasteiger partial charge >= 0.3 is 6.03 Å². The zero-order valence-corrected chi connectivity index (χ0v) is 8.06. The van der Waals surface area contributed by atoms with Crippen LogP contribution in [0, 0.1) is 5.41 Å². The van der Waals surface area contributed by atoms with Gasteiger partial charge in [-0.3, -0.25) is 5.41 Å². The number of rotatable bonds is 2. The van der Waals surface area contributed by atoms with E-state index in [4.69, 9.17) is 15.6 Å². The van der Waals surface area contributed by atoms with Gasteiger partial charge in [-0.25, -0.2) is 9.69 Å². The summed E-state index contributed by atoms with van der Waals surface area (Å²) in [6, 6.07) is 3.01. The van der Waals surface area contributed by atoms with Crippen LogP contribution >= 0.6 is 0 Å². The standard InChI is InChI=1S/C9H12N4O2/c10-8(11)13(7-2-1-5-15-7)9(14)12-6-3-4-6/h1-2,5-6H,3-4H2,(H3,10,11)(H,12,14). The molecular weight excluding hydrogens is 196 g/mol. The number of nitrogens with two attached hydrogens (primary N) is 1. The monoisotopic (exact) mass is 208 g/mol. The van der Waals surface area contributed by atoms with E-state index < -0.39 is 6.03 Å². The molecule has 1 aromatic heterocycles. The Morgan fingerprint density at radius 3 is 2.87 bits per heavy atom. The van der Waals surface area contributed by atoms with Gasteiger partial charge in [0.05, 0.1) is 6.26 Å². The summed E-state index contributed by atoms with van der Waals surface area (Å²) in [5.41, 5.74) is 5.31. The second-order valence-electron chi connectivity index (χ2n) is 3.40. The maximum absolute atomic E-state index is 11.7. The topological polar surface area (TPSA) is 95.4 Å². The van der Waals surface area contributed by atoms with Crippen LogP contribution < -0.4 is 16.0 Å². The molecule has 1 aliphatic rings. The van der Waals surface area contributed by atoms with Gasteiger partial charge in [0.25, 0.3) is 0 Å². The third-order valence-corrected chi connectivity index (χ3v) is 2.08. The van der Waals surface area contributed by atoms with E-state index in [2.05, 4.69) is 5.32 Å². The Kier molecular flexibility index (Phi) is 2.32. The van der Waals surface area contributed by atoms with Crippen LogP contribution in [-0.2, 0) is 0 Å². The maximum Gasteiger partial charge on any atom is 0.331 e. The third kappa shape index (κ3) is 2.09. The number of carbonyl (C=O) groups is 1. The lowest BCUT2D eigenvalue weighted by atomic mass is 10.5. The predicted molar refractivity (Wildman–Crippen MR) is 54.7 cm³/mol. The minimum absolute atomic E-state index is 0.217. The Balaban J connectivity index is 2.11. The fraction of sp³-hybridized carbons (Fsp3) is 0.333. The molecule has 6 heteroatoms. The van der Waals surface area contributed by atoms with Crippen molar-refractivity contribution in [3.8, 4) is 0 Å². The molecule has 1 saturated carbocycles. The number of nitrogens with one attached hydrogen (secondary N) is 2. The molecule has 1 fully saturated rings. The molecule has 15 heavy (non-hydrogen) atoms. The van der Waals surface area contributed by atoms with Crippen molar-refractivity contribution in [3.05, 3.63) is 18.4 Å². The van der Waals surface area contributed by atoms with E-state index in [1.807, 2.05) is 0 Å². The Morgan fingerprint density at radius 1 is 1.67 bits per heavy atom. The zero-order chi connectivity index (χ0) is 10.8. The number of carbonyl (C=O) groups excluding carboxylic acids is 1. The van der Waals surface area contributed by atoms with Crippen molar-refractivity contribution < 1.29 is 9.21 Å². The minimum atomic E-state index is -0.417. The van der Waals surface area contributed by atoms with Gasteiger partial charge in [0.1, 0.15) is 0 Å². The first-order valence-electron chi connectivity index (χ1n) is 4.66. The first-order valence-corrected chi connectivity index (χ1v) is 4.66. The lowest BCUT2D eigenvalue weighted by Crippen LogP contribution is -2.47. The lowest BCUT2D eigenvalue weighted by molar-refractivity contribution is 0.247. The van der Waals surface area contributed by atoms with Crippen molar-refractivity contribution in [1.82, 2.24) is 5.32 Å². The molecule has 1 heterocycles. The van der Waals surface area contributed by atoms with Crippen LogP contribution in [0.5, 0.6) is 0 Å². The zero-order valence-electron chi connectivity index (χ0n) is 8.06. The molecule has 1 aromatic rings. The molecule has 80 valence electrons. The number of hydrogen-bond acceptors (Lipinski definition) is 3. The molecule has 1 aliphatic carbocycles. The number of anilines is 1. The van der Waals surface area contributed by atoms with Crippen LogP contribution in [0.1, 0.15) is 12.8 Å². The summed E-state index contributed by atoms with van der Waals surface area (Å²) in [7, 11) is 0. The van der Waals surface area contributed by atoms with Gasteiger partial charge in [0.2, 0.25) is 11.8 Å². The van der Waals surface area contributed by atoms with Gasteiger partial charge in [-0.05, 0) is 18.9 Å². The van der Waals surface area contributed by atoms with Gasteiger partial charge in [0, 0.05) is 12.1 Å². The predicted octanol–water partition coefficient (Wildman–Crippen LogP) is 0.851. The molecule has 2 rings (SSSR count). The van der Waals surface area contributed by atoms with E-state index in [0.29, 0.717) is 0 Å². The van der Waals surface area contributed by atoms with Gasteiger partial charge < -0.3 is 15.5 Å². The summed E-state index contributed by atoms with van der Waals surface area (Å²) in [5, 5.41) is 10.0. The largest absolute Gasteiger partial charge is 0.448 e. The molecule has 0 aliphatic heterocycles. The Hall–Kier alpha value is -1.98. The summed E-state index contributed by atoms with van der Waals surface area (Å²) < 4.78 is 5.02. The summed E-state index contributed by atoms with van der Waals surface area (Å²) in [5.74, 6) is -0.108. The number of hydrogen-bond donors (Lipinski definition) is 3. The second-order valence-corrected chi connectivity index (χ2v) is 3.40. The van der Waals surface area contributed by atoms with Crippen molar-refractivity contribution in [1.29, 1.82) is 5.41 Å². The average Bonchev–Trinajstić information content (AvgIpc) is 2.81. The number of guanidine groups is 1. The molecule has 4 N–H and O–H groups in total. The lowest BCUT2D eigenvalue weighted by Gasteiger charge is -2.17. The smallest absolute Gasteiger partial charge is 0.331 e. The van der Waals surface area contributed by atoms with Crippen molar-refractivity contribution in [2.24, 2.45) is 5.73 Å². The Morgan fingerprint density at radius 2 is 2.40 bits per heavy atom. The minimum Gasteiger partial charge on any atom is -0.448 e. The highest BCUT2D eigenvalue weighted by Crippen LogP contribution is 2.20. The number of amides is 2. The number of urea groups is 1. The molecule has 0 radical (unpaired) electrons. The molecule has 0 bridgehead atoms. The van der Waals surface area contributed by atoms with Crippen LogP contribution in [0.2, 0.25) is 0 Å². The molecule has 0 aromatic carbocycles. The van der Waals surface area contributed by atoms with Gasteiger partial charge in [0.15, 0.2) is 0 Å². The Labute approximate surface area is 86.5 Å². The van der Waals surface area contributed by atoms with Crippen LogP contribution in [0.3, 0.4) is 0 Å². The quantitative estimate of drug-likeness (QED) is 0.496. The molecule has 0 spiro atoms. The SMILES string of the molecule is N=C(N)N(C(=O)NC1CC1)c1ccco1. The second kappa shape index (κ2) is 3.64. The van der Waals surface area contributed by atoms with Crippen LogP contribution in [0.25, 0.3) is 0 Å². The van der Waals surface area contributed by atoms with Crippen molar-refractivity contribution in [2.75, 3.05) is 4.90 Å². The van der Waals surface area contributed by atoms with E-state index in [1.54, 1.807) is 12.1 Å². The van der Waals surface area contributed by atoms with Gasteiger partial charge in [-0.2, -0.15) is 0 Å². The molecule has 6 nitrogen and oxygen atoms in total. The highest BCUT2D eigenvalue weighted by atomic mass is 16.3. The van der Waals surface area contributed by atoms with Crippen LogP contribution in [0.4, 0.5) is 10.7 Å². The summed E-state index contributed by atoms with van der Waals surface area (Å²) >= 11 is 0. The van der Waals surface area contributed by atoms with E-state index in [9.17, 15) is 4.79 Å². The number of nitrogens with zero attached hydrogens (tertiary/aromatic N) is 1. The van der Waals surface area contributed by atoms with Gasteiger partial charge in [-0.15, -0.1) is 0 Å². The summed E-state index contributed by atoms with van der Waals surface area (Å²) in [6.45, 7) is 0. The van der Waals surface area contributed by atoms with E-state index in [-0.39, 0.29) is 17.9 Å². The summed E-state index contributed by atoms with van der Waals surface area (Å²) in [4.78, 5) is 12.7. The molecular formula is C9H12N4O2. The highest BCUT2D eigenvalue weighted by molar-refractivity contribution is 6.12. The first kappa shape index (κ1) is 9.57. The third-order valence-electron chi connectivity index (χ3n) is 2.08. The number of furan rings is 1. The van der Waals surface area contributed by atoms with Crippen molar-refractivity contribution in [3.63, 3.8) is 0 Å². The van der Waals surface area contributed by atoms with E-state index in [1.165, 1.54) is 6.26 Å². The van der Waals surface area contributed by atoms with Crippen molar-refractivity contribution in [2.45, 2.75) is 18.9 Å². The molecule has 2 amide bonds. The average molecular weight is 208 g/mol. The molecule has 0 atom stereocenters. The first-order chi connectivity index (χ1) is 7.18. The van der Waals surface area contributed by atoms with Crippen LogP contribution in [-0.4, -0.2) is 18.0 Å². The molecule has 0 unspecified atom stereocenters. The van der Waals surface area contributed by atoms with Crippen molar-refractivity contribution >= 4 is 17.9 Å².